The van der Waals surface area contributed by atoms with Gasteiger partial charge in [0.25, 0.3) is 0 Å². The number of halogens is 1. The third-order valence-electron chi connectivity index (χ3n) is 3.96. The lowest BCUT2D eigenvalue weighted by molar-refractivity contribution is 0.409. The average Bonchev–Trinajstić information content (AvgIpc) is 2.82. The summed E-state index contributed by atoms with van der Waals surface area (Å²) in [6.45, 7) is 5.23. The SMILES string of the molecule is COc1cccc(C2(CN)CC2(C)C)c1Br. The van der Waals surface area contributed by atoms with E-state index in [4.69, 9.17) is 10.5 Å². The molecule has 0 heterocycles. The smallest absolute Gasteiger partial charge is 0.133 e. The summed E-state index contributed by atoms with van der Waals surface area (Å²) in [7, 11) is 1.69. The molecule has 1 aliphatic carbocycles. The molecule has 0 aliphatic heterocycles. The van der Waals surface area contributed by atoms with E-state index in [0.717, 1.165) is 16.6 Å². The van der Waals surface area contributed by atoms with E-state index in [9.17, 15) is 0 Å². The first-order valence-electron chi connectivity index (χ1n) is 5.51. The number of ether oxygens (including phenoxy) is 1. The van der Waals surface area contributed by atoms with Crippen LogP contribution in [0.15, 0.2) is 22.7 Å². The highest BCUT2D eigenvalue weighted by Gasteiger charge is 2.61. The van der Waals surface area contributed by atoms with Gasteiger partial charge in [0.1, 0.15) is 5.75 Å². The van der Waals surface area contributed by atoms with Crippen molar-refractivity contribution >= 4 is 15.9 Å². The Labute approximate surface area is 105 Å². The second kappa shape index (κ2) is 3.74. The molecule has 0 spiro atoms. The third-order valence-corrected chi connectivity index (χ3v) is 4.78. The van der Waals surface area contributed by atoms with E-state index in [1.807, 2.05) is 12.1 Å². The highest BCUT2D eigenvalue weighted by Crippen LogP contribution is 2.65. The predicted molar refractivity (Wildman–Crippen MR) is 69.8 cm³/mol. The largest absolute Gasteiger partial charge is 0.496 e. The molecule has 2 rings (SSSR count). The molecule has 1 saturated carbocycles. The van der Waals surface area contributed by atoms with Gasteiger partial charge in [0.05, 0.1) is 11.6 Å². The van der Waals surface area contributed by atoms with Crippen molar-refractivity contribution in [3.05, 3.63) is 28.2 Å². The number of methoxy groups -OCH3 is 1. The average molecular weight is 284 g/mol. The molecule has 16 heavy (non-hydrogen) atoms. The summed E-state index contributed by atoms with van der Waals surface area (Å²) in [5, 5.41) is 0. The van der Waals surface area contributed by atoms with Gasteiger partial charge in [-0.15, -0.1) is 0 Å². The topological polar surface area (TPSA) is 35.2 Å². The van der Waals surface area contributed by atoms with Gasteiger partial charge >= 0.3 is 0 Å². The Morgan fingerprint density at radius 1 is 1.44 bits per heavy atom. The normalized spacial score (nSPS) is 26.6. The highest BCUT2D eigenvalue weighted by atomic mass is 79.9. The molecule has 0 radical (unpaired) electrons. The van der Waals surface area contributed by atoms with Crippen LogP contribution in [-0.2, 0) is 5.41 Å². The Hall–Kier alpha value is -0.540. The van der Waals surface area contributed by atoms with Crippen LogP contribution in [0.3, 0.4) is 0 Å². The van der Waals surface area contributed by atoms with Crippen molar-refractivity contribution in [2.45, 2.75) is 25.7 Å². The molecule has 0 amide bonds. The van der Waals surface area contributed by atoms with Gasteiger partial charge in [-0.25, -0.2) is 0 Å². The molecule has 88 valence electrons. The molecule has 2 nitrogen and oxygen atoms in total. The Bertz CT molecular complexity index is 416. The minimum atomic E-state index is 0.111. The van der Waals surface area contributed by atoms with E-state index in [1.54, 1.807) is 7.11 Å². The van der Waals surface area contributed by atoms with Crippen LogP contribution in [0, 0.1) is 5.41 Å². The lowest BCUT2D eigenvalue weighted by Gasteiger charge is -2.21. The van der Waals surface area contributed by atoms with E-state index in [2.05, 4.69) is 35.8 Å². The maximum atomic E-state index is 5.98. The van der Waals surface area contributed by atoms with Crippen LogP contribution >= 0.6 is 15.9 Å². The van der Waals surface area contributed by atoms with Crippen molar-refractivity contribution in [3.63, 3.8) is 0 Å². The molecular weight excluding hydrogens is 266 g/mol. The van der Waals surface area contributed by atoms with E-state index in [-0.39, 0.29) is 10.8 Å². The zero-order chi connectivity index (χ0) is 12.0. The summed E-state index contributed by atoms with van der Waals surface area (Å²) in [6, 6.07) is 6.14. The lowest BCUT2D eigenvalue weighted by atomic mass is 9.88. The maximum Gasteiger partial charge on any atom is 0.133 e. The number of hydrogen-bond acceptors (Lipinski definition) is 2. The number of nitrogens with two attached hydrogens (primary N) is 1. The fraction of sp³-hybridized carbons (Fsp3) is 0.538. The van der Waals surface area contributed by atoms with Crippen molar-refractivity contribution in [1.82, 2.24) is 0 Å². The third kappa shape index (κ3) is 1.49. The summed E-state index contributed by atoms with van der Waals surface area (Å²) < 4.78 is 6.38. The molecule has 1 atom stereocenters. The van der Waals surface area contributed by atoms with Crippen molar-refractivity contribution in [1.29, 1.82) is 0 Å². The van der Waals surface area contributed by atoms with Gasteiger partial charge in [0, 0.05) is 12.0 Å². The molecule has 1 unspecified atom stereocenters. The molecule has 0 saturated heterocycles. The van der Waals surface area contributed by atoms with Gasteiger partial charge in [0.2, 0.25) is 0 Å². The van der Waals surface area contributed by atoms with Crippen molar-refractivity contribution in [2.75, 3.05) is 13.7 Å². The molecule has 0 aromatic heterocycles. The molecule has 2 N–H and O–H groups in total. The van der Waals surface area contributed by atoms with Gasteiger partial charge in [-0.1, -0.05) is 26.0 Å². The second-order valence-corrected chi connectivity index (χ2v) is 5.96. The first kappa shape index (κ1) is 11.9. The zero-order valence-corrected chi connectivity index (χ0v) is 11.6. The highest BCUT2D eigenvalue weighted by molar-refractivity contribution is 9.10. The number of benzene rings is 1. The first-order valence-corrected chi connectivity index (χ1v) is 6.31. The van der Waals surface area contributed by atoms with Crippen LogP contribution < -0.4 is 10.5 Å². The van der Waals surface area contributed by atoms with E-state index < -0.39 is 0 Å². The summed E-state index contributed by atoms with van der Waals surface area (Å²) in [4.78, 5) is 0. The minimum absolute atomic E-state index is 0.111. The van der Waals surface area contributed by atoms with Gasteiger partial charge < -0.3 is 10.5 Å². The fourth-order valence-corrected chi connectivity index (χ4v) is 3.47. The summed E-state index contributed by atoms with van der Waals surface area (Å²) in [5.74, 6) is 0.882. The molecular formula is C13H18BrNO. The van der Waals surface area contributed by atoms with Gasteiger partial charge in [-0.2, -0.15) is 0 Å². The van der Waals surface area contributed by atoms with Gasteiger partial charge in [0.15, 0.2) is 0 Å². The standard InChI is InChI=1S/C13H18BrNO/c1-12(2)7-13(12,8-15)9-5-4-6-10(16-3)11(9)14/h4-6H,7-8,15H2,1-3H3. The van der Waals surface area contributed by atoms with Crippen LogP contribution in [0.4, 0.5) is 0 Å². The van der Waals surface area contributed by atoms with Crippen LogP contribution in [0.25, 0.3) is 0 Å². The Kier molecular flexibility index (Phi) is 2.79. The Morgan fingerprint density at radius 3 is 2.50 bits per heavy atom. The molecule has 1 aromatic carbocycles. The molecule has 1 aliphatic rings. The van der Waals surface area contributed by atoms with Crippen LogP contribution in [-0.4, -0.2) is 13.7 Å². The molecule has 3 heteroatoms. The maximum absolute atomic E-state index is 5.98. The minimum Gasteiger partial charge on any atom is -0.496 e. The van der Waals surface area contributed by atoms with Crippen LogP contribution in [0.5, 0.6) is 5.75 Å². The van der Waals surface area contributed by atoms with Gasteiger partial charge in [-0.3, -0.25) is 0 Å². The monoisotopic (exact) mass is 283 g/mol. The Morgan fingerprint density at radius 2 is 2.06 bits per heavy atom. The Balaban J connectivity index is 2.49. The molecule has 1 fully saturated rings. The summed E-state index contributed by atoms with van der Waals surface area (Å²) >= 11 is 3.63. The predicted octanol–water partition coefficient (Wildman–Crippen LogP) is 3.08. The number of hydrogen-bond donors (Lipinski definition) is 1. The molecule has 0 bridgehead atoms. The van der Waals surface area contributed by atoms with Gasteiger partial charge in [-0.05, 0) is 39.4 Å². The van der Waals surface area contributed by atoms with E-state index in [1.165, 1.54) is 5.56 Å². The van der Waals surface area contributed by atoms with Crippen molar-refractivity contribution in [2.24, 2.45) is 11.1 Å². The van der Waals surface area contributed by atoms with Crippen molar-refractivity contribution in [3.8, 4) is 5.75 Å². The fourth-order valence-electron chi connectivity index (χ4n) is 2.67. The lowest BCUT2D eigenvalue weighted by Crippen LogP contribution is -2.25. The first-order chi connectivity index (χ1) is 7.48. The van der Waals surface area contributed by atoms with Crippen LogP contribution in [0.2, 0.25) is 0 Å². The molecule has 1 aromatic rings. The number of rotatable bonds is 3. The van der Waals surface area contributed by atoms with Crippen molar-refractivity contribution < 1.29 is 4.74 Å². The quantitative estimate of drug-likeness (QED) is 0.925. The summed E-state index contributed by atoms with van der Waals surface area (Å²) in [5.41, 5.74) is 7.65. The second-order valence-electron chi connectivity index (χ2n) is 5.17. The van der Waals surface area contributed by atoms with E-state index in [0.29, 0.717) is 6.54 Å². The van der Waals surface area contributed by atoms with E-state index >= 15 is 0 Å². The summed E-state index contributed by atoms with van der Waals surface area (Å²) in [6.07, 6.45) is 1.14. The zero-order valence-electron chi connectivity index (χ0n) is 10.0. The van der Waals surface area contributed by atoms with Crippen LogP contribution in [0.1, 0.15) is 25.8 Å².